The van der Waals surface area contributed by atoms with Gasteiger partial charge in [-0.05, 0) is 63.1 Å². The molecule has 1 heterocycles. The van der Waals surface area contributed by atoms with Crippen LogP contribution in [0.2, 0.25) is 5.02 Å². The molecular formula is C17H22BrClN2S. The fourth-order valence-electron chi connectivity index (χ4n) is 1.61. The summed E-state index contributed by atoms with van der Waals surface area (Å²) in [6.07, 6.45) is 0. The zero-order chi connectivity index (χ0) is 16.8. The largest absolute Gasteiger partial charge is 0.310 e. The van der Waals surface area contributed by atoms with Gasteiger partial charge in [0.25, 0.3) is 0 Å². The van der Waals surface area contributed by atoms with Crippen molar-refractivity contribution in [3.05, 3.63) is 51.6 Å². The van der Waals surface area contributed by atoms with Gasteiger partial charge < -0.3 is 4.72 Å². The van der Waals surface area contributed by atoms with Crippen LogP contribution in [0.1, 0.15) is 40.2 Å². The molecule has 1 aromatic heterocycles. The van der Waals surface area contributed by atoms with Crippen molar-refractivity contribution in [1.29, 1.82) is 0 Å². The molecule has 120 valence electrons. The van der Waals surface area contributed by atoms with E-state index in [-0.39, 0.29) is 5.41 Å². The Bertz CT molecular complexity index is 595. The molecule has 0 saturated carbocycles. The summed E-state index contributed by atoms with van der Waals surface area (Å²) < 4.78 is 3.85. The monoisotopic (exact) mass is 400 g/mol. The molecule has 0 radical (unpaired) electrons. The van der Waals surface area contributed by atoms with Crippen molar-refractivity contribution in [3.8, 4) is 0 Å². The highest BCUT2D eigenvalue weighted by atomic mass is 79.9. The zero-order valence-corrected chi connectivity index (χ0v) is 16.7. The van der Waals surface area contributed by atoms with E-state index in [2.05, 4.69) is 70.7 Å². The Morgan fingerprint density at radius 2 is 1.64 bits per heavy atom. The van der Waals surface area contributed by atoms with Crippen LogP contribution in [0.15, 0.2) is 45.9 Å². The number of aromatic nitrogens is 1. The topological polar surface area (TPSA) is 24.9 Å². The van der Waals surface area contributed by atoms with Crippen LogP contribution >= 0.6 is 39.5 Å². The Balaban J connectivity index is 0.00000116. The minimum atomic E-state index is 0.180. The third-order valence-corrected chi connectivity index (χ3v) is 4.75. The van der Waals surface area contributed by atoms with Gasteiger partial charge in [0.05, 0.1) is 5.02 Å². The fraction of sp³-hybridized carbons (Fsp3) is 0.353. The number of rotatable bonds is 3. The minimum absolute atomic E-state index is 0.180. The molecule has 0 unspecified atom stereocenters. The van der Waals surface area contributed by atoms with Gasteiger partial charge >= 0.3 is 0 Å². The number of anilines is 1. The SMILES string of the molecule is CC.CC(C)(C)c1ccc(SNc2ccc(Cl)c(Br)n2)cc1. The number of pyridine rings is 1. The van der Waals surface area contributed by atoms with E-state index in [1.54, 1.807) is 0 Å². The van der Waals surface area contributed by atoms with Crippen molar-refractivity contribution in [3.63, 3.8) is 0 Å². The van der Waals surface area contributed by atoms with Crippen LogP contribution < -0.4 is 4.72 Å². The highest BCUT2D eigenvalue weighted by Crippen LogP contribution is 2.27. The van der Waals surface area contributed by atoms with Crippen LogP contribution in [0.25, 0.3) is 0 Å². The predicted molar refractivity (Wildman–Crippen MR) is 103 cm³/mol. The van der Waals surface area contributed by atoms with E-state index < -0.39 is 0 Å². The average molecular weight is 402 g/mol. The Kier molecular flexibility index (Phi) is 7.74. The van der Waals surface area contributed by atoms with Gasteiger partial charge in [-0.15, -0.1) is 0 Å². The molecule has 5 heteroatoms. The number of nitrogens with zero attached hydrogens (tertiary/aromatic N) is 1. The average Bonchev–Trinajstić information content (AvgIpc) is 2.50. The molecule has 1 aromatic carbocycles. The molecule has 22 heavy (non-hydrogen) atoms. The maximum Gasteiger partial charge on any atom is 0.137 e. The summed E-state index contributed by atoms with van der Waals surface area (Å²) in [5, 5.41) is 0.607. The van der Waals surface area contributed by atoms with Crippen LogP contribution in [0, 0.1) is 0 Å². The number of halogens is 2. The first kappa shape index (κ1) is 19.3. The molecule has 0 saturated heterocycles. The summed E-state index contributed by atoms with van der Waals surface area (Å²) >= 11 is 10.8. The van der Waals surface area contributed by atoms with Crippen molar-refractivity contribution >= 4 is 45.3 Å². The van der Waals surface area contributed by atoms with Crippen molar-refractivity contribution in [1.82, 2.24) is 4.98 Å². The van der Waals surface area contributed by atoms with Gasteiger partial charge in [-0.3, -0.25) is 0 Å². The van der Waals surface area contributed by atoms with Crippen molar-refractivity contribution in [2.75, 3.05) is 4.72 Å². The summed E-state index contributed by atoms with van der Waals surface area (Å²) in [6.45, 7) is 10.6. The summed E-state index contributed by atoms with van der Waals surface area (Å²) in [5.74, 6) is 0.770. The summed E-state index contributed by atoms with van der Waals surface area (Å²) in [4.78, 5) is 5.44. The van der Waals surface area contributed by atoms with Crippen LogP contribution in [0.4, 0.5) is 5.82 Å². The normalized spacial score (nSPS) is 10.7. The van der Waals surface area contributed by atoms with E-state index in [1.165, 1.54) is 17.5 Å². The molecule has 0 aliphatic heterocycles. The quantitative estimate of drug-likeness (QED) is 0.445. The molecule has 0 bridgehead atoms. The zero-order valence-electron chi connectivity index (χ0n) is 13.6. The molecule has 1 N–H and O–H groups in total. The second-order valence-electron chi connectivity index (χ2n) is 5.45. The number of hydrogen-bond donors (Lipinski definition) is 1. The van der Waals surface area contributed by atoms with Gasteiger partial charge in [0.2, 0.25) is 0 Å². The highest BCUT2D eigenvalue weighted by Gasteiger charge is 2.12. The van der Waals surface area contributed by atoms with Crippen LogP contribution in [0.5, 0.6) is 0 Å². The van der Waals surface area contributed by atoms with Crippen LogP contribution in [-0.4, -0.2) is 4.98 Å². The number of hydrogen-bond acceptors (Lipinski definition) is 3. The van der Waals surface area contributed by atoms with Gasteiger partial charge in [-0.2, -0.15) is 0 Å². The molecule has 2 aromatic rings. The number of benzene rings is 1. The van der Waals surface area contributed by atoms with Gasteiger partial charge in [-0.25, -0.2) is 4.98 Å². The number of nitrogens with one attached hydrogen (secondary N) is 1. The van der Waals surface area contributed by atoms with Crippen molar-refractivity contribution in [2.45, 2.75) is 44.9 Å². The van der Waals surface area contributed by atoms with E-state index in [4.69, 9.17) is 11.6 Å². The summed E-state index contributed by atoms with van der Waals surface area (Å²) in [7, 11) is 0. The van der Waals surface area contributed by atoms with Crippen LogP contribution in [-0.2, 0) is 5.41 Å². The Labute approximate surface area is 151 Å². The van der Waals surface area contributed by atoms with E-state index in [1.807, 2.05) is 26.0 Å². The lowest BCUT2D eigenvalue weighted by molar-refractivity contribution is 0.590. The van der Waals surface area contributed by atoms with Gasteiger partial charge in [0.15, 0.2) is 0 Å². The standard InChI is InChI=1S/C15H16BrClN2S.C2H6/c1-15(2,3)10-4-6-11(7-5-10)20-19-13-9-8-12(17)14(16)18-13;1-2/h4-9H,1-3H3,(H,18,19);1-2H3. The van der Waals surface area contributed by atoms with Gasteiger partial charge in [0, 0.05) is 4.90 Å². The summed E-state index contributed by atoms with van der Waals surface area (Å²) in [6, 6.07) is 12.2. The van der Waals surface area contributed by atoms with Crippen LogP contribution in [0.3, 0.4) is 0 Å². The van der Waals surface area contributed by atoms with Gasteiger partial charge in [-0.1, -0.05) is 58.4 Å². The first-order valence-electron chi connectivity index (χ1n) is 7.22. The second-order valence-corrected chi connectivity index (χ2v) is 7.49. The molecule has 2 rings (SSSR count). The maximum atomic E-state index is 5.91. The molecule has 0 spiro atoms. The highest BCUT2D eigenvalue weighted by molar-refractivity contribution is 9.10. The Morgan fingerprint density at radius 1 is 1.05 bits per heavy atom. The first-order chi connectivity index (χ1) is 10.4. The van der Waals surface area contributed by atoms with E-state index >= 15 is 0 Å². The molecule has 0 aliphatic carbocycles. The summed E-state index contributed by atoms with van der Waals surface area (Å²) in [5.41, 5.74) is 1.51. The molecule has 0 fully saturated rings. The van der Waals surface area contributed by atoms with Crippen molar-refractivity contribution < 1.29 is 0 Å². The smallest absolute Gasteiger partial charge is 0.137 e. The molecule has 0 aliphatic rings. The van der Waals surface area contributed by atoms with E-state index in [9.17, 15) is 0 Å². The third kappa shape index (κ3) is 5.82. The van der Waals surface area contributed by atoms with Crippen molar-refractivity contribution in [2.24, 2.45) is 0 Å². The van der Waals surface area contributed by atoms with E-state index in [0.29, 0.717) is 9.63 Å². The molecule has 2 nitrogen and oxygen atoms in total. The lowest BCUT2D eigenvalue weighted by Crippen LogP contribution is -2.10. The van der Waals surface area contributed by atoms with Gasteiger partial charge in [0.1, 0.15) is 10.4 Å². The van der Waals surface area contributed by atoms with E-state index in [0.717, 1.165) is 10.7 Å². The third-order valence-electron chi connectivity index (χ3n) is 2.80. The molecule has 0 atom stereocenters. The second kappa shape index (κ2) is 8.80. The Hall–Kier alpha value is -0.710. The molecule has 0 amide bonds. The minimum Gasteiger partial charge on any atom is -0.310 e. The fourth-order valence-corrected chi connectivity index (χ4v) is 2.65. The lowest BCUT2D eigenvalue weighted by atomic mass is 9.87. The lowest BCUT2D eigenvalue weighted by Gasteiger charge is -2.19. The predicted octanol–water partition coefficient (Wildman–Crippen LogP) is 6.94. The first-order valence-corrected chi connectivity index (χ1v) is 9.20. The Morgan fingerprint density at radius 3 is 2.14 bits per heavy atom. The maximum absolute atomic E-state index is 5.91. The molecular weight excluding hydrogens is 380 g/mol.